The molecule has 0 saturated carbocycles. The minimum absolute atomic E-state index is 0.0120. The highest BCUT2D eigenvalue weighted by Crippen LogP contribution is 2.27. The van der Waals surface area contributed by atoms with Gasteiger partial charge < -0.3 is 10.4 Å². The first-order valence-corrected chi connectivity index (χ1v) is 7.59. The van der Waals surface area contributed by atoms with Crippen LogP contribution < -0.4 is 5.32 Å². The third kappa shape index (κ3) is 4.04. The van der Waals surface area contributed by atoms with Crippen LogP contribution in [0.2, 0.25) is 0 Å². The van der Waals surface area contributed by atoms with Crippen molar-refractivity contribution >= 4 is 5.91 Å². The Balaban J connectivity index is 1.95. The number of rotatable bonds is 5. The van der Waals surface area contributed by atoms with Crippen LogP contribution in [0.1, 0.15) is 42.6 Å². The second kappa shape index (κ2) is 6.58. The monoisotopic (exact) mass is 294 g/mol. The second-order valence-electron chi connectivity index (χ2n) is 6.12. The minimum atomic E-state index is -0.754. The summed E-state index contributed by atoms with van der Waals surface area (Å²) in [5.74, 6) is -0.0120. The Labute approximate surface area is 125 Å². The van der Waals surface area contributed by atoms with Gasteiger partial charge in [0.05, 0.1) is 11.3 Å². The Morgan fingerprint density at radius 3 is 2.90 bits per heavy atom. The number of aliphatic hydroxyl groups is 1. The summed E-state index contributed by atoms with van der Waals surface area (Å²) in [5.41, 5.74) is 2.57. The van der Waals surface area contributed by atoms with E-state index in [1.54, 1.807) is 7.05 Å². The second-order valence-corrected chi connectivity index (χ2v) is 6.12. The fourth-order valence-corrected chi connectivity index (χ4v) is 3.05. The van der Waals surface area contributed by atoms with Gasteiger partial charge in [-0.25, -0.2) is 0 Å². The van der Waals surface area contributed by atoms with E-state index in [-0.39, 0.29) is 5.91 Å². The van der Waals surface area contributed by atoms with Gasteiger partial charge in [-0.1, -0.05) is 0 Å². The Bertz CT molecular complexity index is 480. The predicted octanol–water partition coefficient (Wildman–Crippen LogP) is 0.880. The largest absolute Gasteiger partial charge is 0.389 e. The van der Waals surface area contributed by atoms with Gasteiger partial charge in [0, 0.05) is 37.8 Å². The van der Waals surface area contributed by atoms with Gasteiger partial charge in [0.1, 0.15) is 0 Å². The molecular weight excluding hydrogens is 268 g/mol. The summed E-state index contributed by atoms with van der Waals surface area (Å²) in [5, 5.41) is 20.5. The normalized spacial score (nSPS) is 23.2. The van der Waals surface area contributed by atoms with Crippen LogP contribution in [0.15, 0.2) is 0 Å². The number of hydrogen-bond donors (Lipinski definition) is 3. The Morgan fingerprint density at radius 2 is 2.29 bits per heavy atom. The number of aryl methyl sites for hydroxylation is 2. The maximum absolute atomic E-state index is 11.4. The molecule has 118 valence electrons. The van der Waals surface area contributed by atoms with Crippen LogP contribution in [0.5, 0.6) is 0 Å². The molecule has 0 aromatic carbocycles. The number of β-amino-alcohol motifs (C(OH)–C–C–N with tert-alkyl or cyclic N) is 1. The summed E-state index contributed by atoms with van der Waals surface area (Å²) in [7, 11) is 1.63. The van der Waals surface area contributed by atoms with Crippen LogP contribution in [-0.2, 0) is 11.3 Å². The van der Waals surface area contributed by atoms with Crippen LogP contribution >= 0.6 is 0 Å². The summed E-state index contributed by atoms with van der Waals surface area (Å²) in [6.07, 6.45) is 2.63. The third-order valence-corrected chi connectivity index (χ3v) is 4.39. The van der Waals surface area contributed by atoms with E-state index in [1.807, 2.05) is 13.8 Å². The van der Waals surface area contributed by atoms with Crippen molar-refractivity contribution in [3.63, 3.8) is 0 Å². The zero-order valence-corrected chi connectivity index (χ0v) is 13.2. The molecule has 21 heavy (non-hydrogen) atoms. The summed E-state index contributed by atoms with van der Waals surface area (Å²) >= 11 is 0. The summed E-state index contributed by atoms with van der Waals surface area (Å²) in [6.45, 7) is 6.43. The lowest BCUT2D eigenvalue weighted by molar-refractivity contribution is -0.122. The van der Waals surface area contributed by atoms with Gasteiger partial charge in [0.2, 0.25) is 5.91 Å². The lowest BCUT2D eigenvalue weighted by atomic mass is 9.88. The van der Waals surface area contributed by atoms with Crippen LogP contribution in [0.25, 0.3) is 0 Å². The number of piperidine rings is 1. The minimum Gasteiger partial charge on any atom is -0.389 e. The maximum Gasteiger partial charge on any atom is 0.219 e. The van der Waals surface area contributed by atoms with Crippen molar-refractivity contribution in [2.45, 2.75) is 51.7 Å². The first-order valence-electron chi connectivity index (χ1n) is 7.59. The predicted molar refractivity (Wildman–Crippen MR) is 80.8 cm³/mol. The van der Waals surface area contributed by atoms with Gasteiger partial charge in [-0.15, -0.1) is 0 Å². The van der Waals surface area contributed by atoms with Gasteiger partial charge in [0.25, 0.3) is 0 Å². The zero-order valence-electron chi connectivity index (χ0n) is 13.2. The number of amides is 1. The van der Waals surface area contributed by atoms with E-state index in [4.69, 9.17) is 0 Å². The van der Waals surface area contributed by atoms with Crippen LogP contribution in [0.4, 0.5) is 0 Å². The molecule has 0 aliphatic carbocycles. The smallest absolute Gasteiger partial charge is 0.219 e. The van der Waals surface area contributed by atoms with Gasteiger partial charge >= 0.3 is 0 Å². The van der Waals surface area contributed by atoms with E-state index in [0.717, 1.165) is 37.3 Å². The fourth-order valence-electron chi connectivity index (χ4n) is 3.05. The Hall–Kier alpha value is -1.40. The molecule has 1 fully saturated rings. The molecule has 1 aromatic heterocycles. The van der Waals surface area contributed by atoms with Crippen LogP contribution in [0.3, 0.4) is 0 Å². The van der Waals surface area contributed by atoms with E-state index in [2.05, 4.69) is 20.4 Å². The number of nitrogens with one attached hydrogen (secondary N) is 2. The molecule has 0 bridgehead atoms. The van der Waals surface area contributed by atoms with Gasteiger partial charge in [-0.3, -0.25) is 14.8 Å². The molecule has 1 saturated heterocycles. The maximum atomic E-state index is 11.4. The highest BCUT2D eigenvalue weighted by Gasteiger charge is 2.33. The number of aromatic amines is 1. The number of carbonyl (C=O) groups excluding carboxylic acids is 1. The van der Waals surface area contributed by atoms with E-state index >= 15 is 0 Å². The van der Waals surface area contributed by atoms with E-state index in [9.17, 15) is 9.90 Å². The number of nitrogens with zero attached hydrogens (tertiary/aromatic N) is 2. The van der Waals surface area contributed by atoms with Crippen molar-refractivity contribution in [3.8, 4) is 0 Å². The number of aromatic nitrogens is 2. The molecule has 1 atom stereocenters. The van der Waals surface area contributed by atoms with Crippen molar-refractivity contribution in [1.82, 2.24) is 20.4 Å². The summed E-state index contributed by atoms with van der Waals surface area (Å²) in [6, 6.07) is 0. The van der Waals surface area contributed by atoms with E-state index < -0.39 is 5.60 Å². The number of carbonyl (C=O) groups is 1. The molecule has 0 unspecified atom stereocenters. The SMILES string of the molecule is CNC(=O)CC[C@@]1(O)CCCN(Cc2c(C)n[nH]c2C)C1. The molecule has 0 radical (unpaired) electrons. The average Bonchev–Trinajstić information content (AvgIpc) is 2.77. The fraction of sp³-hybridized carbons (Fsp3) is 0.733. The van der Waals surface area contributed by atoms with Crippen molar-refractivity contribution in [1.29, 1.82) is 0 Å². The first kappa shape index (κ1) is 16.0. The van der Waals surface area contributed by atoms with E-state index in [0.29, 0.717) is 19.4 Å². The van der Waals surface area contributed by atoms with Gasteiger partial charge in [-0.05, 0) is 39.7 Å². The molecule has 2 heterocycles. The molecule has 1 aromatic rings. The zero-order chi connectivity index (χ0) is 15.5. The van der Waals surface area contributed by atoms with Crippen molar-refractivity contribution in [2.24, 2.45) is 0 Å². The first-order chi connectivity index (χ1) is 9.93. The topological polar surface area (TPSA) is 81.2 Å². The van der Waals surface area contributed by atoms with Gasteiger partial charge in [-0.2, -0.15) is 5.10 Å². The number of likely N-dealkylation sites (tertiary alicyclic amines) is 1. The molecule has 1 aliphatic rings. The highest BCUT2D eigenvalue weighted by atomic mass is 16.3. The molecular formula is C15H26N4O2. The molecule has 3 N–H and O–H groups in total. The van der Waals surface area contributed by atoms with Crippen molar-refractivity contribution in [3.05, 3.63) is 17.0 Å². The van der Waals surface area contributed by atoms with E-state index in [1.165, 1.54) is 5.56 Å². The third-order valence-electron chi connectivity index (χ3n) is 4.39. The highest BCUT2D eigenvalue weighted by molar-refractivity contribution is 5.75. The summed E-state index contributed by atoms with van der Waals surface area (Å²) in [4.78, 5) is 13.6. The molecule has 1 aliphatic heterocycles. The lowest BCUT2D eigenvalue weighted by Gasteiger charge is -2.39. The molecule has 6 nitrogen and oxygen atoms in total. The van der Waals surface area contributed by atoms with Gasteiger partial charge in [0.15, 0.2) is 0 Å². The Kier molecular flexibility index (Phi) is 5.00. The molecule has 6 heteroatoms. The molecule has 2 rings (SSSR count). The number of H-pyrrole nitrogens is 1. The average molecular weight is 294 g/mol. The summed E-state index contributed by atoms with van der Waals surface area (Å²) < 4.78 is 0. The van der Waals surface area contributed by atoms with Crippen LogP contribution in [-0.4, -0.2) is 51.8 Å². The van der Waals surface area contributed by atoms with Crippen molar-refractivity contribution < 1.29 is 9.90 Å². The number of hydrogen-bond acceptors (Lipinski definition) is 4. The van der Waals surface area contributed by atoms with Crippen LogP contribution in [0, 0.1) is 13.8 Å². The molecule has 0 spiro atoms. The Morgan fingerprint density at radius 1 is 1.52 bits per heavy atom. The van der Waals surface area contributed by atoms with Crippen molar-refractivity contribution in [2.75, 3.05) is 20.1 Å². The molecule has 1 amide bonds. The standard InChI is InChI=1S/C15H26N4O2/c1-11-13(12(2)18-17-11)9-19-8-4-6-15(21,10-19)7-5-14(20)16-3/h21H,4-10H2,1-3H3,(H,16,20)(H,17,18)/t15-/m0/s1. The quantitative estimate of drug-likeness (QED) is 0.753. The lowest BCUT2D eigenvalue weighted by Crippen LogP contribution is -2.48.